The maximum atomic E-state index is 11.7. The number of aromatic nitrogens is 2. The van der Waals surface area contributed by atoms with Crippen LogP contribution in [0.3, 0.4) is 0 Å². The maximum Gasteiger partial charge on any atom is 0.267 e. The Morgan fingerprint density at radius 3 is 2.87 bits per heavy atom. The second-order valence-corrected chi connectivity index (χ2v) is 5.58. The monoisotopic (exact) mass is 348 g/mol. The fraction of sp³-hybridized carbons (Fsp3) is 0.111. The largest absolute Gasteiger partial charge is 0.293 e. The summed E-state index contributed by atoms with van der Waals surface area (Å²) in [4.78, 5) is 16.7. The van der Waals surface area contributed by atoms with E-state index in [0.29, 0.717) is 11.0 Å². The van der Waals surface area contributed by atoms with E-state index in [1.54, 1.807) is 22.2 Å². The summed E-state index contributed by atoms with van der Waals surface area (Å²) in [5.74, 6) is 0. The molecule has 0 saturated heterocycles. The van der Waals surface area contributed by atoms with Gasteiger partial charge in [0.1, 0.15) is 4.47 Å². The number of thiophene rings is 1. The minimum absolute atomic E-state index is 0.0645. The van der Waals surface area contributed by atoms with Crippen LogP contribution in [0.4, 0.5) is 0 Å². The van der Waals surface area contributed by atoms with Gasteiger partial charge in [0.2, 0.25) is 0 Å². The van der Waals surface area contributed by atoms with Crippen molar-refractivity contribution in [3.8, 4) is 0 Å². The molecule has 0 aliphatic rings. The number of nitrogens with zero attached hydrogens (tertiary/aromatic N) is 2. The topological polar surface area (TPSA) is 34.9 Å². The fourth-order valence-electron chi connectivity index (χ4n) is 1.13. The zero-order chi connectivity index (χ0) is 10.8. The fourth-order valence-corrected chi connectivity index (χ4v) is 2.95. The standard InChI is InChI=1S/C9H6Br2N2OS/c10-6-1-2-15-8(6)4-13-5-12-3-7(11)9(13)14/h1-3,5H,4H2. The van der Waals surface area contributed by atoms with Crippen LogP contribution in [0.2, 0.25) is 0 Å². The maximum absolute atomic E-state index is 11.7. The molecule has 6 heteroatoms. The van der Waals surface area contributed by atoms with Crippen LogP contribution in [0, 0.1) is 0 Å². The molecule has 3 nitrogen and oxygen atoms in total. The summed E-state index contributed by atoms with van der Waals surface area (Å²) in [6.45, 7) is 0.545. The summed E-state index contributed by atoms with van der Waals surface area (Å²) in [6.07, 6.45) is 3.04. The second-order valence-electron chi connectivity index (χ2n) is 2.87. The van der Waals surface area contributed by atoms with Crippen LogP contribution in [0.1, 0.15) is 4.88 Å². The van der Waals surface area contributed by atoms with Crippen molar-refractivity contribution in [1.29, 1.82) is 0 Å². The molecule has 0 fully saturated rings. The summed E-state index contributed by atoms with van der Waals surface area (Å²) in [6, 6.07) is 1.97. The van der Waals surface area contributed by atoms with Gasteiger partial charge in [-0.15, -0.1) is 11.3 Å². The SMILES string of the molecule is O=c1c(Br)cncn1Cc1sccc1Br. The zero-order valence-corrected chi connectivity index (χ0v) is 11.5. The van der Waals surface area contributed by atoms with Crippen molar-refractivity contribution in [2.45, 2.75) is 6.54 Å². The molecule has 2 aromatic heterocycles. The normalized spacial score (nSPS) is 10.5. The first-order chi connectivity index (χ1) is 7.18. The van der Waals surface area contributed by atoms with Gasteiger partial charge in [-0.1, -0.05) is 0 Å². The quantitative estimate of drug-likeness (QED) is 0.835. The predicted molar refractivity (Wildman–Crippen MR) is 67.3 cm³/mol. The van der Waals surface area contributed by atoms with E-state index in [2.05, 4.69) is 36.8 Å². The third-order valence-corrected chi connectivity index (χ3v) is 4.32. The highest BCUT2D eigenvalue weighted by atomic mass is 79.9. The van der Waals surface area contributed by atoms with E-state index < -0.39 is 0 Å². The summed E-state index contributed by atoms with van der Waals surface area (Å²) in [5, 5.41) is 1.98. The van der Waals surface area contributed by atoms with E-state index in [1.165, 1.54) is 6.20 Å². The Hall–Kier alpha value is -0.460. The first kappa shape index (κ1) is 11.0. The Kier molecular flexibility index (Phi) is 3.38. The third kappa shape index (κ3) is 2.38. The van der Waals surface area contributed by atoms with Crippen LogP contribution in [0.15, 0.2) is 37.7 Å². The van der Waals surface area contributed by atoms with E-state index in [0.717, 1.165) is 9.35 Å². The first-order valence-electron chi connectivity index (χ1n) is 4.10. The van der Waals surface area contributed by atoms with Crippen LogP contribution < -0.4 is 5.56 Å². The zero-order valence-electron chi connectivity index (χ0n) is 7.48. The molecule has 2 rings (SSSR count). The lowest BCUT2D eigenvalue weighted by Gasteiger charge is -2.03. The van der Waals surface area contributed by atoms with Crippen LogP contribution in [-0.2, 0) is 6.54 Å². The molecular weight excluding hydrogens is 344 g/mol. The van der Waals surface area contributed by atoms with E-state index in [9.17, 15) is 4.79 Å². The summed E-state index contributed by atoms with van der Waals surface area (Å²) >= 11 is 8.20. The molecule has 0 aliphatic heterocycles. The molecule has 0 spiro atoms. The van der Waals surface area contributed by atoms with Gasteiger partial charge in [0.05, 0.1) is 12.9 Å². The minimum Gasteiger partial charge on any atom is -0.293 e. The molecule has 0 bridgehead atoms. The average Bonchev–Trinajstić information content (AvgIpc) is 2.60. The molecule has 0 atom stereocenters. The Labute approximate surface area is 107 Å². The average molecular weight is 350 g/mol. The van der Waals surface area contributed by atoms with Gasteiger partial charge in [-0.2, -0.15) is 0 Å². The predicted octanol–water partition coefficient (Wildman–Crippen LogP) is 2.88. The lowest BCUT2D eigenvalue weighted by atomic mass is 10.4. The van der Waals surface area contributed by atoms with Crippen molar-refractivity contribution in [2.75, 3.05) is 0 Å². The van der Waals surface area contributed by atoms with Gasteiger partial charge in [0, 0.05) is 15.5 Å². The Morgan fingerprint density at radius 2 is 2.20 bits per heavy atom. The second kappa shape index (κ2) is 4.59. The molecule has 0 amide bonds. The Balaban J connectivity index is 2.37. The first-order valence-corrected chi connectivity index (χ1v) is 6.57. The van der Waals surface area contributed by atoms with Crippen molar-refractivity contribution in [1.82, 2.24) is 9.55 Å². The van der Waals surface area contributed by atoms with Crippen LogP contribution >= 0.6 is 43.2 Å². The Morgan fingerprint density at radius 1 is 1.40 bits per heavy atom. The Bertz CT molecular complexity index is 535. The van der Waals surface area contributed by atoms with Gasteiger partial charge in [0.25, 0.3) is 5.56 Å². The van der Waals surface area contributed by atoms with Crippen molar-refractivity contribution < 1.29 is 0 Å². The van der Waals surface area contributed by atoms with Gasteiger partial charge >= 0.3 is 0 Å². The van der Waals surface area contributed by atoms with Crippen molar-refractivity contribution >= 4 is 43.2 Å². The molecule has 0 unspecified atom stereocenters. The molecule has 0 radical (unpaired) electrons. The van der Waals surface area contributed by atoms with Crippen LogP contribution in [0.5, 0.6) is 0 Å². The van der Waals surface area contributed by atoms with Crippen molar-refractivity contribution in [3.63, 3.8) is 0 Å². The number of rotatable bonds is 2. The summed E-state index contributed by atoms with van der Waals surface area (Å²) in [7, 11) is 0. The number of halogens is 2. The molecular formula is C9H6Br2N2OS. The minimum atomic E-state index is -0.0645. The van der Waals surface area contributed by atoms with Gasteiger partial charge in [-0.25, -0.2) is 4.98 Å². The summed E-state index contributed by atoms with van der Waals surface area (Å²) in [5.41, 5.74) is -0.0645. The highest BCUT2D eigenvalue weighted by Crippen LogP contribution is 2.22. The van der Waals surface area contributed by atoms with Gasteiger partial charge < -0.3 is 0 Å². The smallest absolute Gasteiger partial charge is 0.267 e. The molecule has 0 aromatic carbocycles. The molecule has 2 heterocycles. The van der Waals surface area contributed by atoms with Gasteiger partial charge in [-0.3, -0.25) is 9.36 Å². The summed E-state index contributed by atoms with van der Waals surface area (Å²) < 4.78 is 3.08. The lowest BCUT2D eigenvalue weighted by Crippen LogP contribution is -2.20. The molecule has 0 aliphatic carbocycles. The molecule has 78 valence electrons. The molecule has 15 heavy (non-hydrogen) atoms. The van der Waals surface area contributed by atoms with E-state index in [4.69, 9.17) is 0 Å². The highest BCUT2D eigenvalue weighted by molar-refractivity contribution is 9.10. The number of hydrogen-bond donors (Lipinski definition) is 0. The molecule has 2 aromatic rings. The van der Waals surface area contributed by atoms with E-state index in [-0.39, 0.29) is 5.56 Å². The van der Waals surface area contributed by atoms with Crippen molar-refractivity contribution in [3.05, 3.63) is 48.1 Å². The molecule has 0 N–H and O–H groups in total. The third-order valence-electron chi connectivity index (χ3n) is 1.86. The number of hydrogen-bond acceptors (Lipinski definition) is 3. The van der Waals surface area contributed by atoms with Crippen molar-refractivity contribution in [2.24, 2.45) is 0 Å². The van der Waals surface area contributed by atoms with Crippen LogP contribution in [-0.4, -0.2) is 9.55 Å². The van der Waals surface area contributed by atoms with E-state index >= 15 is 0 Å². The van der Waals surface area contributed by atoms with Gasteiger partial charge in [-0.05, 0) is 43.3 Å². The van der Waals surface area contributed by atoms with Crippen LogP contribution in [0.25, 0.3) is 0 Å². The highest BCUT2D eigenvalue weighted by Gasteiger charge is 2.05. The van der Waals surface area contributed by atoms with Gasteiger partial charge in [0.15, 0.2) is 0 Å². The lowest BCUT2D eigenvalue weighted by molar-refractivity contribution is 0.738. The van der Waals surface area contributed by atoms with E-state index in [1.807, 2.05) is 11.4 Å². The molecule has 0 saturated carbocycles.